The molecule has 0 saturated heterocycles. The molecule has 0 bridgehead atoms. The lowest BCUT2D eigenvalue weighted by atomic mass is 10.0. The van der Waals surface area contributed by atoms with Crippen molar-refractivity contribution in [3.63, 3.8) is 0 Å². The minimum Gasteiger partial charge on any atom is -0.480 e. The first-order valence-corrected chi connectivity index (χ1v) is 9.39. The van der Waals surface area contributed by atoms with E-state index >= 15 is 0 Å². The molecule has 0 aromatic heterocycles. The summed E-state index contributed by atoms with van der Waals surface area (Å²) in [6.07, 6.45) is 1.05. The van der Waals surface area contributed by atoms with Crippen LogP contribution in [0.25, 0.3) is 0 Å². The van der Waals surface area contributed by atoms with Crippen molar-refractivity contribution in [2.75, 3.05) is 6.54 Å². The predicted molar refractivity (Wildman–Crippen MR) is 106 cm³/mol. The van der Waals surface area contributed by atoms with Crippen LogP contribution < -0.4 is 16.4 Å². The van der Waals surface area contributed by atoms with Gasteiger partial charge in [-0.1, -0.05) is 30.3 Å². The highest BCUT2D eigenvalue weighted by atomic mass is 16.6. The molecule has 28 heavy (non-hydrogen) atoms. The summed E-state index contributed by atoms with van der Waals surface area (Å²) in [5.74, 6) is -1.71. The number of hydrogen-bond acceptors (Lipinski definition) is 5. The van der Waals surface area contributed by atoms with Crippen LogP contribution in [0.1, 0.15) is 45.6 Å². The molecule has 0 aliphatic heterocycles. The molecule has 0 spiro atoms. The van der Waals surface area contributed by atoms with Gasteiger partial charge in [-0.05, 0) is 52.1 Å². The third-order valence-corrected chi connectivity index (χ3v) is 3.85. The molecule has 8 nitrogen and oxygen atoms in total. The first-order chi connectivity index (χ1) is 13.1. The van der Waals surface area contributed by atoms with Crippen LogP contribution in [0.5, 0.6) is 0 Å². The highest BCUT2D eigenvalue weighted by Gasteiger charge is 2.28. The number of aliphatic carboxylic acids is 1. The number of hydrogen-bond donors (Lipinski definition) is 4. The van der Waals surface area contributed by atoms with Gasteiger partial charge in [0.2, 0.25) is 5.91 Å². The number of rotatable bonds is 10. The molecule has 5 N–H and O–H groups in total. The van der Waals surface area contributed by atoms with Crippen molar-refractivity contribution in [3.05, 3.63) is 35.9 Å². The van der Waals surface area contributed by atoms with Gasteiger partial charge in [-0.3, -0.25) is 4.79 Å². The molecule has 0 aliphatic rings. The molecule has 0 aliphatic carbocycles. The lowest BCUT2D eigenvalue weighted by molar-refractivity contribution is -0.142. The number of unbranched alkanes of at least 4 members (excludes halogenated alkanes) is 1. The second-order valence-electron chi connectivity index (χ2n) is 7.57. The molecule has 0 saturated carbocycles. The van der Waals surface area contributed by atoms with Gasteiger partial charge in [-0.25, -0.2) is 9.59 Å². The van der Waals surface area contributed by atoms with Crippen LogP contribution in [0.3, 0.4) is 0 Å². The van der Waals surface area contributed by atoms with E-state index in [1.54, 1.807) is 45.0 Å². The van der Waals surface area contributed by atoms with Gasteiger partial charge in [-0.2, -0.15) is 0 Å². The van der Waals surface area contributed by atoms with Gasteiger partial charge in [-0.15, -0.1) is 0 Å². The second kappa shape index (κ2) is 11.3. The van der Waals surface area contributed by atoms with Crippen LogP contribution in [0.4, 0.5) is 4.79 Å². The molecule has 8 heteroatoms. The van der Waals surface area contributed by atoms with Crippen molar-refractivity contribution in [3.8, 4) is 0 Å². The average Bonchev–Trinajstić information content (AvgIpc) is 2.59. The predicted octanol–water partition coefficient (Wildman–Crippen LogP) is 1.82. The Morgan fingerprint density at radius 1 is 1.07 bits per heavy atom. The number of benzene rings is 1. The normalized spacial score (nSPS) is 13.3. The van der Waals surface area contributed by atoms with Crippen molar-refractivity contribution >= 4 is 18.0 Å². The minimum absolute atomic E-state index is 0.143. The zero-order valence-electron chi connectivity index (χ0n) is 16.7. The number of carboxylic acids is 1. The van der Waals surface area contributed by atoms with E-state index in [0.29, 0.717) is 25.8 Å². The van der Waals surface area contributed by atoms with Gasteiger partial charge < -0.3 is 26.2 Å². The molecule has 0 fully saturated rings. The molecular weight excluding hydrogens is 362 g/mol. The SMILES string of the molecule is CC(C)(C)OC(=O)N[C@@H](CCCCN)C(=O)NC(Cc1ccccc1)C(=O)O. The number of nitrogens with one attached hydrogen (secondary N) is 2. The van der Waals surface area contributed by atoms with Gasteiger partial charge in [0.25, 0.3) is 0 Å². The number of ether oxygens (including phenoxy) is 1. The third kappa shape index (κ3) is 9.36. The summed E-state index contributed by atoms with van der Waals surface area (Å²) in [6.45, 7) is 5.62. The van der Waals surface area contributed by atoms with Crippen molar-refractivity contribution in [2.45, 2.75) is 64.1 Å². The van der Waals surface area contributed by atoms with Gasteiger partial charge in [0.05, 0.1) is 0 Å². The summed E-state index contributed by atoms with van der Waals surface area (Å²) >= 11 is 0. The van der Waals surface area contributed by atoms with Crippen molar-refractivity contribution in [1.29, 1.82) is 0 Å². The minimum atomic E-state index is -1.14. The molecule has 0 heterocycles. The maximum absolute atomic E-state index is 12.7. The largest absolute Gasteiger partial charge is 0.480 e. The fraction of sp³-hybridized carbons (Fsp3) is 0.550. The Hall–Kier alpha value is -2.61. The van der Waals surface area contributed by atoms with Gasteiger partial charge in [0.1, 0.15) is 17.7 Å². The number of nitrogens with two attached hydrogens (primary N) is 1. The summed E-state index contributed by atoms with van der Waals surface area (Å²) in [7, 11) is 0. The Bertz CT molecular complexity index is 643. The highest BCUT2D eigenvalue weighted by molar-refractivity contribution is 5.89. The van der Waals surface area contributed by atoms with Gasteiger partial charge in [0.15, 0.2) is 0 Å². The zero-order chi connectivity index (χ0) is 21.2. The number of amides is 2. The first kappa shape index (κ1) is 23.4. The van der Waals surface area contributed by atoms with E-state index < -0.39 is 35.7 Å². The van der Waals surface area contributed by atoms with Crippen LogP contribution in [0.2, 0.25) is 0 Å². The van der Waals surface area contributed by atoms with E-state index in [1.807, 2.05) is 6.07 Å². The fourth-order valence-corrected chi connectivity index (χ4v) is 2.53. The Kier molecular flexibility index (Phi) is 9.44. The van der Waals surface area contributed by atoms with Crippen molar-refractivity contribution in [2.24, 2.45) is 5.73 Å². The lowest BCUT2D eigenvalue weighted by Gasteiger charge is -2.24. The Labute approximate surface area is 165 Å². The molecule has 1 aromatic rings. The van der Waals surface area contributed by atoms with E-state index in [1.165, 1.54) is 0 Å². The van der Waals surface area contributed by atoms with E-state index in [9.17, 15) is 19.5 Å². The molecule has 2 amide bonds. The molecule has 1 rings (SSSR count). The average molecular weight is 393 g/mol. The summed E-state index contributed by atoms with van der Waals surface area (Å²) in [4.78, 5) is 36.3. The maximum Gasteiger partial charge on any atom is 0.408 e. The van der Waals surface area contributed by atoms with E-state index in [0.717, 1.165) is 5.56 Å². The molecular formula is C20H31N3O5. The topological polar surface area (TPSA) is 131 Å². The second-order valence-corrected chi connectivity index (χ2v) is 7.57. The number of carbonyl (C=O) groups excluding carboxylic acids is 2. The standard InChI is InChI=1S/C20H31N3O5/c1-20(2,3)28-19(27)23-15(11-7-8-12-21)17(24)22-16(18(25)26)13-14-9-5-4-6-10-14/h4-6,9-10,15-16H,7-8,11-13,21H2,1-3H3,(H,22,24)(H,23,27)(H,25,26)/t15-,16?/m0/s1. The quantitative estimate of drug-likeness (QED) is 0.449. The fourth-order valence-electron chi connectivity index (χ4n) is 2.53. The van der Waals surface area contributed by atoms with E-state index in [-0.39, 0.29) is 6.42 Å². The lowest BCUT2D eigenvalue weighted by Crippen LogP contribution is -2.52. The van der Waals surface area contributed by atoms with Crippen LogP contribution in [-0.2, 0) is 20.7 Å². The van der Waals surface area contributed by atoms with Crippen molar-refractivity contribution in [1.82, 2.24) is 10.6 Å². The van der Waals surface area contributed by atoms with Gasteiger partial charge in [0, 0.05) is 6.42 Å². The van der Waals surface area contributed by atoms with Crippen LogP contribution in [0, 0.1) is 0 Å². The Balaban J connectivity index is 2.80. The molecule has 0 radical (unpaired) electrons. The van der Waals surface area contributed by atoms with E-state index in [2.05, 4.69) is 10.6 Å². The Morgan fingerprint density at radius 3 is 2.25 bits per heavy atom. The molecule has 1 unspecified atom stereocenters. The summed E-state index contributed by atoms with van der Waals surface area (Å²) in [5, 5.41) is 14.5. The summed E-state index contributed by atoms with van der Waals surface area (Å²) in [5.41, 5.74) is 5.57. The molecule has 2 atom stereocenters. The monoisotopic (exact) mass is 393 g/mol. The van der Waals surface area contributed by atoms with Crippen molar-refractivity contribution < 1.29 is 24.2 Å². The number of carbonyl (C=O) groups is 3. The maximum atomic E-state index is 12.7. The zero-order valence-corrected chi connectivity index (χ0v) is 16.7. The van der Waals surface area contributed by atoms with Crippen LogP contribution in [0.15, 0.2) is 30.3 Å². The Morgan fingerprint density at radius 2 is 1.71 bits per heavy atom. The number of carboxylic acid groups (broad SMARTS) is 1. The summed E-state index contributed by atoms with van der Waals surface area (Å²) in [6, 6.07) is 7.01. The van der Waals surface area contributed by atoms with Gasteiger partial charge >= 0.3 is 12.1 Å². The number of alkyl carbamates (subject to hydrolysis) is 1. The molecule has 156 valence electrons. The first-order valence-electron chi connectivity index (χ1n) is 9.39. The summed E-state index contributed by atoms with van der Waals surface area (Å²) < 4.78 is 5.20. The van der Waals surface area contributed by atoms with Crippen LogP contribution in [-0.4, -0.2) is 47.3 Å². The highest BCUT2D eigenvalue weighted by Crippen LogP contribution is 2.09. The molecule has 1 aromatic carbocycles. The smallest absolute Gasteiger partial charge is 0.408 e. The third-order valence-electron chi connectivity index (χ3n) is 3.85. The van der Waals surface area contributed by atoms with E-state index in [4.69, 9.17) is 10.5 Å². The van der Waals surface area contributed by atoms with Crippen LogP contribution >= 0.6 is 0 Å².